The number of halogens is 2. The Balaban J connectivity index is 1.67. The van der Waals surface area contributed by atoms with E-state index in [1.54, 1.807) is 20.7 Å². The summed E-state index contributed by atoms with van der Waals surface area (Å²) in [5, 5.41) is 6.22. The molecule has 0 spiro atoms. The predicted molar refractivity (Wildman–Crippen MR) is 287 cm³/mol. The first-order valence-electron chi connectivity index (χ1n) is 22.9. The van der Waals surface area contributed by atoms with Gasteiger partial charge in [0.2, 0.25) is 0 Å². The number of hydrogen-bond donors (Lipinski definition) is 0. The predicted octanol–water partition coefficient (Wildman–Crippen LogP) is 14.7. The molecule has 0 fully saturated rings. The van der Waals surface area contributed by atoms with Gasteiger partial charge < -0.3 is 0 Å². The normalized spacial score (nSPS) is 18.2. The van der Waals surface area contributed by atoms with E-state index in [1.807, 2.05) is 0 Å². The fourth-order valence-electron chi connectivity index (χ4n) is 10.3. The molecule has 0 amide bonds. The molecule has 0 saturated heterocycles. The monoisotopic (exact) mass is 1000 g/mol. The zero-order chi connectivity index (χ0) is 45.1. The molecule has 2 aliphatic rings. The second kappa shape index (κ2) is 16.1. The molecule has 6 rings (SSSR count). The molecule has 2 atom stereocenters. The number of rotatable bonds is 11. The first-order valence-corrected chi connectivity index (χ1v) is 53.2. The third-order valence-corrected chi connectivity index (χ3v) is 74.1. The van der Waals surface area contributed by atoms with E-state index in [1.165, 1.54) is 66.8 Å². The van der Waals surface area contributed by atoms with Crippen LogP contribution in [0.3, 0.4) is 0 Å². The molecule has 4 aromatic rings. The van der Waals surface area contributed by atoms with Crippen molar-refractivity contribution in [3.8, 4) is 22.3 Å². The maximum absolute atomic E-state index is 9.07. The number of benzene rings is 4. The van der Waals surface area contributed by atoms with Gasteiger partial charge in [-0.2, -0.15) is 0 Å². The Labute approximate surface area is 379 Å². The summed E-state index contributed by atoms with van der Waals surface area (Å²) in [4.78, 5) is 0. The van der Waals surface area contributed by atoms with Gasteiger partial charge in [0.05, 0.1) is 0 Å². The fraction of sp³-hybridized carbons (Fsp3) is 0.462. The van der Waals surface area contributed by atoms with Gasteiger partial charge >= 0.3 is 383 Å². The van der Waals surface area contributed by atoms with Gasteiger partial charge in [-0.1, -0.05) is 0 Å². The second-order valence-corrected chi connectivity index (χ2v) is 86.8. The zero-order valence-corrected chi connectivity index (χ0v) is 50.2. The zero-order valence-electron chi connectivity index (χ0n) is 41.1. The molecule has 2 aliphatic carbocycles. The van der Waals surface area contributed by atoms with Crippen molar-refractivity contribution in [1.29, 1.82) is 0 Å². The summed E-state index contributed by atoms with van der Waals surface area (Å²) in [6, 6.07) is 25.1. The molecule has 0 aromatic heterocycles. The summed E-state index contributed by atoms with van der Waals surface area (Å²) in [5.41, 5.74) is 16.7. The second-order valence-electron chi connectivity index (χ2n) is 24.0. The van der Waals surface area contributed by atoms with Crippen molar-refractivity contribution in [3.63, 3.8) is 0 Å². The van der Waals surface area contributed by atoms with Crippen molar-refractivity contribution in [2.24, 2.45) is 11.8 Å². The summed E-state index contributed by atoms with van der Waals surface area (Å²) in [7, 11) is 11.7. The van der Waals surface area contributed by atoms with Crippen LogP contribution in [-0.4, -0.2) is 38.2 Å². The number of aryl methyl sites for hydroxylation is 2. The van der Waals surface area contributed by atoms with Gasteiger partial charge in [0.1, 0.15) is 0 Å². The Morgan fingerprint density at radius 2 is 0.767 bits per heavy atom. The van der Waals surface area contributed by atoms with E-state index in [-0.39, 0.29) is 7.25 Å². The van der Waals surface area contributed by atoms with Crippen LogP contribution in [0.15, 0.2) is 71.8 Å². The molecular formula is C52H77Cl2Si5Zr. The SMILES string of the molecule is Cc1ccc2c(c1-c1cc([Si](C)(C)C)cc([Si](C)(C)C)c1)C=C(C(C)C)[CH]2[Zr]([Cl])([Cl])([CH]1C(C(C)C)=Cc2c1ccc(C)c2-c1cc([Si](C)(C)C)cc([Si](C)(C)C)c1)[SiH](C)C. The molecule has 60 heavy (non-hydrogen) atoms. The van der Waals surface area contributed by atoms with E-state index in [2.05, 4.69) is 206 Å². The van der Waals surface area contributed by atoms with Gasteiger partial charge in [0.15, 0.2) is 0 Å². The fourth-order valence-corrected chi connectivity index (χ4v) is 46.8. The van der Waals surface area contributed by atoms with Crippen LogP contribution in [-0.2, 0) is 15.6 Å². The van der Waals surface area contributed by atoms with Crippen LogP contribution in [0.1, 0.15) is 68.3 Å². The van der Waals surface area contributed by atoms with E-state index < -0.39 is 53.8 Å². The van der Waals surface area contributed by atoms with Gasteiger partial charge in [-0.05, 0) is 0 Å². The summed E-state index contributed by atoms with van der Waals surface area (Å²) >= 11 is -5.06. The van der Waals surface area contributed by atoms with E-state index in [9.17, 15) is 0 Å². The van der Waals surface area contributed by atoms with Crippen molar-refractivity contribution in [2.45, 2.75) is 140 Å². The Hall–Kier alpha value is -1.09. The van der Waals surface area contributed by atoms with Gasteiger partial charge in [-0.25, -0.2) is 0 Å². The Bertz CT molecular complexity index is 2200. The van der Waals surface area contributed by atoms with Crippen LogP contribution in [0, 0.1) is 25.7 Å². The topological polar surface area (TPSA) is 0 Å². The number of fused-ring (bicyclic) bond motifs is 2. The molecule has 0 nitrogen and oxygen atoms in total. The van der Waals surface area contributed by atoms with Crippen LogP contribution in [0.4, 0.5) is 0 Å². The summed E-state index contributed by atoms with van der Waals surface area (Å²) in [5.74, 6) is -1.10. The molecule has 2 unspecified atom stereocenters. The van der Waals surface area contributed by atoms with E-state index >= 15 is 0 Å². The molecule has 4 aromatic carbocycles. The first kappa shape index (κ1) is 48.4. The molecule has 0 heterocycles. The average Bonchev–Trinajstić information content (AvgIpc) is 3.71. The van der Waals surface area contributed by atoms with Gasteiger partial charge in [-0.3, -0.25) is 0 Å². The Morgan fingerprint density at radius 1 is 0.483 bits per heavy atom. The van der Waals surface area contributed by atoms with Gasteiger partial charge in [-0.15, -0.1) is 0 Å². The molecule has 8 heteroatoms. The third kappa shape index (κ3) is 8.47. The quantitative estimate of drug-likeness (QED) is 0.131. The molecule has 0 radical (unpaired) electrons. The Morgan fingerprint density at radius 3 is 1.00 bits per heavy atom. The standard InChI is InChI=1S/2C25H35Si2.C2H7Si.2ClH.Zr/c2*1-17(2)20-12-19-11-10-18(3)25(24(19)15-20)21-13-22(26(4,5)6)16-23(14-21)27(7,8)9;1-3-2;;;/h2*10-17H,1-9H3;3H,1-2H3;2*1H;/q;;;;;+2/p-2. The Kier molecular flexibility index (Phi) is 13.0. The van der Waals surface area contributed by atoms with Crippen molar-refractivity contribution < 1.29 is 15.6 Å². The van der Waals surface area contributed by atoms with Crippen LogP contribution >= 0.6 is 17.0 Å². The van der Waals surface area contributed by atoms with Gasteiger partial charge in [0.25, 0.3) is 0 Å². The molecule has 0 aliphatic heterocycles. The number of allylic oxidation sites excluding steroid dienone is 2. The van der Waals surface area contributed by atoms with Gasteiger partial charge in [0, 0.05) is 0 Å². The molecular weight excluding hydrogens is 927 g/mol. The summed E-state index contributed by atoms with van der Waals surface area (Å²) in [6.07, 6.45) is 5.18. The molecule has 0 N–H and O–H groups in total. The van der Waals surface area contributed by atoms with Crippen LogP contribution in [0.25, 0.3) is 34.4 Å². The van der Waals surface area contributed by atoms with Crippen molar-refractivity contribution in [2.75, 3.05) is 0 Å². The minimum atomic E-state index is -5.06. The van der Waals surface area contributed by atoms with Crippen molar-refractivity contribution in [1.82, 2.24) is 0 Å². The van der Waals surface area contributed by atoms with E-state index in [0.717, 1.165) is 0 Å². The number of hydrogen-bond acceptors (Lipinski definition) is 0. The minimum absolute atomic E-state index is 0.0593. The van der Waals surface area contributed by atoms with Crippen LogP contribution < -0.4 is 20.7 Å². The molecule has 0 bridgehead atoms. The average molecular weight is 1000 g/mol. The van der Waals surface area contributed by atoms with E-state index in [4.69, 9.17) is 17.0 Å². The summed E-state index contributed by atoms with van der Waals surface area (Å²) in [6.45, 7) is 49.2. The van der Waals surface area contributed by atoms with E-state index in [0.29, 0.717) is 11.8 Å². The van der Waals surface area contributed by atoms with Crippen LogP contribution in [0.5, 0.6) is 0 Å². The summed E-state index contributed by atoms with van der Waals surface area (Å²) < 4.78 is 0.119. The van der Waals surface area contributed by atoms with Crippen molar-refractivity contribution in [3.05, 3.63) is 105 Å². The first-order chi connectivity index (χ1) is 27.3. The maximum atomic E-state index is 9.07. The molecule has 0 saturated carbocycles. The van der Waals surface area contributed by atoms with Crippen molar-refractivity contribution >= 4 is 88.1 Å². The molecule has 323 valence electrons. The van der Waals surface area contributed by atoms with Crippen LogP contribution in [0.2, 0.25) is 91.7 Å². The third-order valence-electron chi connectivity index (χ3n) is 14.3.